The zero-order valence-electron chi connectivity index (χ0n) is 8.55. The minimum atomic E-state index is 0.500. The Labute approximate surface area is 89.9 Å². The largest absolute Gasteiger partial charge is 0.379 e. The highest BCUT2D eigenvalue weighted by atomic mass is 35.5. The summed E-state index contributed by atoms with van der Waals surface area (Å²) < 4.78 is 0. The number of fused-ring (bicyclic) bond motifs is 1. The van der Waals surface area contributed by atoms with Crippen LogP contribution >= 0.6 is 11.6 Å². The second-order valence-electron chi connectivity index (χ2n) is 4.08. The van der Waals surface area contributed by atoms with E-state index in [2.05, 4.69) is 30.4 Å². The molecular weight excluding hydrogens is 196 g/mol. The van der Waals surface area contributed by atoms with E-state index >= 15 is 0 Å². The number of nitrogens with one attached hydrogen (secondary N) is 1. The van der Waals surface area contributed by atoms with Gasteiger partial charge in [-0.05, 0) is 32.1 Å². The molecule has 0 saturated heterocycles. The van der Waals surface area contributed by atoms with Crippen LogP contribution in [-0.2, 0) is 6.42 Å². The molecule has 0 spiro atoms. The molecule has 0 fully saturated rings. The van der Waals surface area contributed by atoms with Crippen LogP contribution < -0.4 is 5.32 Å². The van der Waals surface area contributed by atoms with Crippen LogP contribution in [0.4, 0.5) is 5.69 Å². The minimum absolute atomic E-state index is 0.500. The molecule has 0 bridgehead atoms. The van der Waals surface area contributed by atoms with Crippen LogP contribution in [0.3, 0.4) is 0 Å². The third kappa shape index (κ3) is 1.86. The van der Waals surface area contributed by atoms with E-state index in [0.717, 1.165) is 23.7 Å². The van der Waals surface area contributed by atoms with E-state index in [1.165, 1.54) is 5.56 Å². The number of benzene rings is 1. The third-order valence-corrected chi connectivity index (χ3v) is 2.82. The van der Waals surface area contributed by atoms with E-state index in [1.54, 1.807) is 0 Å². The molecule has 1 N–H and O–H groups in total. The normalized spacial score (nSPS) is 19.6. The molecule has 0 radical (unpaired) electrons. The minimum Gasteiger partial charge on any atom is -0.379 e. The monoisotopic (exact) mass is 210 g/mol. The molecule has 0 amide bonds. The van der Waals surface area contributed by atoms with Gasteiger partial charge in [0.15, 0.2) is 0 Å². The molecule has 1 aliphatic heterocycles. The van der Waals surface area contributed by atoms with Crippen molar-refractivity contribution in [2.45, 2.75) is 12.5 Å². The highest BCUT2D eigenvalue weighted by Gasteiger charge is 2.22. The summed E-state index contributed by atoms with van der Waals surface area (Å²) in [6.07, 6.45) is 1.08. The van der Waals surface area contributed by atoms with Crippen molar-refractivity contribution in [1.82, 2.24) is 4.90 Å². The molecule has 3 heteroatoms. The fraction of sp³-hybridized carbons (Fsp3) is 0.455. The van der Waals surface area contributed by atoms with Crippen LogP contribution in [0.5, 0.6) is 0 Å². The maximum absolute atomic E-state index is 6.10. The van der Waals surface area contributed by atoms with E-state index < -0.39 is 0 Å². The Morgan fingerprint density at radius 3 is 2.93 bits per heavy atom. The van der Waals surface area contributed by atoms with Crippen molar-refractivity contribution in [3.63, 3.8) is 0 Å². The lowest BCUT2D eigenvalue weighted by Gasteiger charge is -2.16. The zero-order chi connectivity index (χ0) is 10.1. The quantitative estimate of drug-likeness (QED) is 0.806. The number of anilines is 1. The van der Waals surface area contributed by atoms with Gasteiger partial charge in [-0.25, -0.2) is 0 Å². The van der Waals surface area contributed by atoms with Crippen molar-refractivity contribution in [1.29, 1.82) is 0 Å². The van der Waals surface area contributed by atoms with E-state index in [4.69, 9.17) is 11.6 Å². The number of hydrogen-bond acceptors (Lipinski definition) is 2. The zero-order valence-corrected chi connectivity index (χ0v) is 9.30. The van der Waals surface area contributed by atoms with Gasteiger partial charge in [0, 0.05) is 12.6 Å². The van der Waals surface area contributed by atoms with Crippen LogP contribution in [-0.4, -0.2) is 31.6 Å². The Morgan fingerprint density at radius 1 is 1.50 bits per heavy atom. The van der Waals surface area contributed by atoms with Crippen LogP contribution in [0.25, 0.3) is 0 Å². The summed E-state index contributed by atoms with van der Waals surface area (Å²) in [5.74, 6) is 0. The first-order valence-electron chi connectivity index (χ1n) is 4.85. The van der Waals surface area contributed by atoms with Crippen LogP contribution in [0, 0.1) is 0 Å². The summed E-state index contributed by atoms with van der Waals surface area (Å²) in [6.45, 7) is 1.05. The van der Waals surface area contributed by atoms with E-state index in [9.17, 15) is 0 Å². The molecule has 2 rings (SSSR count). The van der Waals surface area contributed by atoms with Crippen molar-refractivity contribution in [2.24, 2.45) is 0 Å². The third-order valence-electron chi connectivity index (χ3n) is 2.50. The van der Waals surface area contributed by atoms with Gasteiger partial charge in [-0.2, -0.15) is 0 Å². The lowest BCUT2D eigenvalue weighted by molar-refractivity contribution is 0.386. The van der Waals surface area contributed by atoms with Crippen molar-refractivity contribution in [3.8, 4) is 0 Å². The summed E-state index contributed by atoms with van der Waals surface area (Å²) in [6, 6.07) is 6.59. The first-order chi connectivity index (χ1) is 6.66. The lowest BCUT2D eigenvalue weighted by atomic mass is 10.1. The Morgan fingerprint density at radius 2 is 2.29 bits per heavy atom. The van der Waals surface area contributed by atoms with Crippen molar-refractivity contribution >= 4 is 17.3 Å². The Balaban J connectivity index is 2.14. The number of likely N-dealkylation sites (N-methyl/N-ethyl adjacent to an activating group) is 1. The molecule has 1 heterocycles. The molecule has 0 aromatic heterocycles. The Kier molecular flexibility index (Phi) is 2.66. The molecule has 1 aromatic carbocycles. The summed E-state index contributed by atoms with van der Waals surface area (Å²) in [4.78, 5) is 2.19. The summed E-state index contributed by atoms with van der Waals surface area (Å²) in [5.41, 5.74) is 2.46. The number of hydrogen-bond donors (Lipinski definition) is 1. The Hall–Kier alpha value is -0.730. The van der Waals surface area contributed by atoms with Crippen LogP contribution in [0.15, 0.2) is 18.2 Å². The average Bonchev–Trinajstić information content (AvgIpc) is 2.47. The van der Waals surface area contributed by atoms with Crippen LogP contribution in [0.2, 0.25) is 5.02 Å². The second-order valence-corrected chi connectivity index (χ2v) is 4.49. The molecule has 1 unspecified atom stereocenters. The molecule has 14 heavy (non-hydrogen) atoms. The molecule has 1 aliphatic rings. The van der Waals surface area contributed by atoms with Crippen LogP contribution in [0.1, 0.15) is 5.56 Å². The van der Waals surface area contributed by atoms with Gasteiger partial charge in [0.2, 0.25) is 0 Å². The predicted octanol–water partition coefficient (Wildman–Crippen LogP) is 2.24. The van der Waals surface area contributed by atoms with Gasteiger partial charge in [0.25, 0.3) is 0 Å². The maximum Gasteiger partial charge on any atom is 0.0640 e. The number of nitrogens with zero attached hydrogens (tertiary/aromatic N) is 1. The fourth-order valence-electron chi connectivity index (χ4n) is 1.97. The molecular formula is C11H15ClN2. The van der Waals surface area contributed by atoms with Gasteiger partial charge in [-0.15, -0.1) is 0 Å². The lowest BCUT2D eigenvalue weighted by Crippen LogP contribution is -2.30. The summed E-state index contributed by atoms with van der Waals surface area (Å²) in [7, 11) is 4.18. The molecule has 0 aliphatic carbocycles. The average molecular weight is 211 g/mol. The van der Waals surface area contributed by atoms with E-state index in [-0.39, 0.29) is 0 Å². The number of halogens is 1. The SMILES string of the molecule is CN(C)CC1Cc2cccc(Cl)c2N1. The predicted molar refractivity (Wildman–Crippen MR) is 61.1 cm³/mol. The molecule has 2 nitrogen and oxygen atoms in total. The highest BCUT2D eigenvalue weighted by molar-refractivity contribution is 6.33. The summed E-state index contributed by atoms with van der Waals surface area (Å²) in [5, 5.41) is 4.30. The van der Waals surface area contributed by atoms with Crippen molar-refractivity contribution < 1.29 is 0 Å². The maximum atomic E-state index is 6.10. The van der Waals surface area contributed by atoms with Gasteiger partial charge >= 0.3 is 0 Å². The highest BCUT2D eigenvalue weighted by Crippen LogP contribution is 2.32. The standard InChI is InChI=1S/C11H15ClN2/c1-14(2)7-9-6-8-4-3-5-10(12)11(8)13-9/h3-5,9,13H,6-7H2,1-2H3. The number of para-hydroxylation sites is 1. The first kappa shape index (κ1) is 9.81. The fourth-order valence-corrected chi connectivity index (χ4v) is 2.22. The van der Waals surface area contributed by atoms with Gasteiger partial charge < -0.3 is 10.2 Å². The molecule has 0 saturated carbocycles. The van der Waals surface area contributed by atoms with Gasteiger partial charge in [0.1, 0.15) is 0 Å². The molecule has 76 valence electrons. The summed E-state index contributed by atoms with van der Waals surface area (Å²) >= 11 is 6.10. The first-order valence-corrected chi connectivity index (χ1v) is 5.23. The van der Waals surface area contributed by atoms with E-state index in [1.807, 2.05) is 12.1 Å². The molecule has 1 atom stereocenters. The van der Waals surface area contributed by atoms with Crippen molar-refractivity contribution in [3.05, 3.63) is 28.8 Å². The molecule has 1 aromatic rings. The topological polar surface area (TPSA) is 15.3 Å². The van der Waals surface area contributed by atoms with Gasteiger partial charge in [0.05, 0.1) is 10.7 Å². The van der Waals surface area contributed by atoms with Gasteiger partial charge in [-0.3, -0.25) is 0 Å². The Bertz CT molecular complexity index is 336. The van der Waals surface area contributed by atoms with E-state index in [0.29, 0.717) is 6.04 Å². The smallest absolute Gasteiger partial charge is 0.0640 e. The van der Waals surface area contributed by atoms with Gasteiger partial charge in [-0.1, -0.05) is 23.7 Å². The second kappa shape index (κ2) is 3.79. The van der Waals surface area contributed by atoms with Crippen molar-refractivity contribution in [2.75, 3.05) is 26.0 Å². The number of rotatable bonds is 2.